The molecule has 1 saturated carbocycles. The number of carbonyl (C=O) groups excluding carboxylic acids is 1. The summed E-state index contributed by atoms with van der Waals surface area (Å²) >= 11 is 0. The molecule has 2 fully saturated rings. The van der Waals surface area contributed by atoms with Crippen molar-refractivity contribution in [2.24, 2.45) is 11.7 Å². The van der Waals surface area contributed by atoms with Crippen LogP contribution in [0.1, 0.15) is 45.4 Å². The van der Waals surface area contributed by atoms with Gasteiger partial charge in [0.2, 0.25) is 5.91 Å². The van der Waals surface area contributed by atoms with Crippen molar-refractivity contribution in [1.29, 1.82) is 0 Å². The highest BCUT2D eigenvalue weighted by Gasteiger charge is 2.31. The summed E-state index contributed by atoms with van der Waals surface area (Å²) in [4.78, 5) is 13.8. The molecule has 18 heavy (non-hydrogen) atoms. The third-order valence-electron chi connectivity index (χ3n) is 4.49. The molecule has 2 unspecified atom stereocenters. The fourth-order valence-corrected chi connectivity index (χ4v) is 3.58. The molecule has 2 atom stereocenters. The Morgan fingerprint density at radius 2 is 1.94 bits per heavy atom. The molecular formula is C14H27N3O. The number of primary amides is 1. The van der Waals surface area contributed by atoms with Crippen LogP contribution in [-0.4, -0.2) is 42.5 Å². The third-order valence-corrected chi connectivity index (χ3v) is 4.49. The van der Waals surface area contributed by atoms with Gasteiger partial charge in [0, 0.05) is 12.1 Å². The minimum atomic E-state index is -0.174. The van der Waals surface area contributed by atoms with E-state index in [1.165, 1.54) is 25.7 Å². The molecule has 4 nitrogen and oxygen atoms in total. The Bertz CT molecular complexity index is 276. The van der Waals surface area contributed by atoms with Crippen LogP contribution in [0.3, 0.4) is 0 Å². The lowest BCUT2D eigenvalue weighted by Gasteiger charge is -2.42. The van der Waals surface area contributed by atoms with Crippen molar-refractivity contribution in [3.8, 4) is 0 Å². The van der Waals surface area contributed by atoms with Crippen LogP contribution >= 0.6 is 0 Å². The van der Waals surface area contributed by atoms with Gasteiger partial charge in [0.15, 0.2) is 0 Å². The summed E-state index contributed by atoms with van der Waals surface area (Å²) in [6, 6.07) is 1.12. The zero-order valence-corrected chi connectivity index (χ0v) is 11.5. The number of carbonyl (C=O) groups is 1. The van der Waals surface area contributed by atoms with Crippen molar-refractivity contribution >= 4 is 5.91 Å². The quantitative estimate of drug-likeness (QED) is 0.789. The zero-order valence-electron chi connectivity index (χ0n) is 11.5. The first-order valence-corrected chi connectivity index (χ1v) is 7.41. The van der Waals surface area contributed by atoms with E-state index in [0.29, 0.717) is 18.6 Å². The van der Waals surface area contributed by atoms with E-state index in [4.69, 9.17) is 5.73 Å². The topological polar surface area (TPSA) is 58.4 Å². The van der Waals surface area contributed by atoms with Crippen LogP contribution in [0.25, 0.3) is 0 Å². The monoisotopic (exact) mass is 253 g/mol. The summed E-state index contributed by atoms with van der Waals surface area (Å²) < 4.78 is 0. The number of amides is 1. The lowest BCUT2D eigenvalue weighted by atomic mass is 9.85. The third kappa shape index (κ3) is 3.69. The van der Waals surface area contributed by atoms with Gasteiger partial charge in [0.05, 0.1) is 6.54 Å². The van der Waals surface area contributed by atoms with Crippen LogP contribution < -0.4 is 11.1 Å². The molecule has 1 heterocycles. The highest BCUT2D eigenvalue weighted by molar-refractivity contribution is 5.76. The highest BCUT2D eigenvalue weighted by Crippen LogP contribution is 2.29. The lowest BCUT2D eigenvalue weighted by molar-refractivity contribution is -0.121. The van der Waals surface area contributed by atoms with Gasteiger partial charge in [-0.05, 0) is 44.7 Å². The number of hydrogen-bond acceptors (Lipinski definition) is 3. The Balaban J connectivity index is 2.00. The lowest BCUT2D eigenvalue weighted by Crippen LogP contribution is -2.52. The summed E-state index contributed by atoms with van der Waals surface area (Å²) in [6.45, 7) is 4.92. The zero-order chi connectivity index (χ0) is 13.0. The number of hydrogen-bond donors (Lipinski definition) is 2. The average molecular weight is 253 g/mol. The SMILES string of the molecule is CC1CCCC(N(CC(N)=O)C2CCNCC2)C1. The molecule has 0 aromatic heterocycles. The van der Waals surface area contributed by atoms with Crippen LogP contribution in [0.4, 0.5) is 0 Å². The van der Waals surface area contributed by atoms with Gasteiger partial charge in [-0.25, -0.2) is 0 Å². The minimum Gasteiger partial charge on any atom is -0.369 e. The van der Waals surface area contributed by atoms with Gasteiger partial charge in [-0.1, -0.05) is 19.8 Å². The second-order valence-corrected chi connectivity index (χ2v) is 6.05. The van der Waals surface area contributed by atoms with Crippen molar-refractivity contribution in [2.75, 3.05) is 19.6 Å². The number of nitrogens with one attached hydrogen (secondary N) is 1. The molecule has 0 bridgehead atoms. The predicted octanol–water partition coefficient (Wildman–Crippen LogP) is 1.10. The van der Waals surface area contributed by atoms with Gasteiger partial charge in [0.1, 0.15) is 0 Å². The van der Waals surface area contributed by atoms with E-state index in [9.17, 15) is 4.79 Å². The Hall–Kier alpha value is -0.610. The normalized spacial score (nSPS) is 30.6. The molecule has 0 radical (unpaired) electrons. The molecule has 1 aliphatic heterocycles. The van der Waals surface area contributed by atoms with E-state index in [-0.39, 0.29) is 5.91 Å². The molecule has 2 rings (SSSR count). The van der Waals surface area contributed by atoms with Crippen molar-refractivity contribution in [1.82, 2.24) is 10.2 Å². The molecule has 2 aliphatic rings. The summed E-state index contributed by atoms with van der Waals surface area (Å²) in [5.41, 5.74) is 5.45. The summed E-state index contributed by atoms with van der Waals surface area (Å²) in [5, 5.41) is 3.39. The number of nitrogens with two attached hydrogens (primary N) is 1. The molecule has 104 valence electrons. The molecule has 1 amide bonds. The Morgan fingerprint density at radius 3 is 2.56 bits per heavy atom. The largest absolute Gasteiger partial charge is 0.369 e. The van der Waals surface area contributed by atoms with E-state index in [2.05, 4.69) is 17.1 Å². The van der Waals surface area contributed by atoms with Crippen molar-refractivity contribution in [2.45, 2.75) is 57.5 Å². The number of rotatable bonds is 4. The highest BCUT2D eigenvalue weighted by atomic mass is 16.1. The summed E-state index contributed by atoms with van der Waals surface area (Å²) in [7, 11) is 0. The van der Waals surface area contributed by atoms with Crippen LogP contribution in [0.15, 0.2) is 0 Å². The molecular weight excluding hydrogens is 226 g/mol. The second-order valence-electron chi connectivity index (χ2n) is 6.05. The Morgan fingerprint density at radius 1 is 1.22 bits per heavy atom. The van der Waals surface area contributed by atoms with Crippen molar-refractivity contribution in [3.63, 3.8) is 0 Å². The second kappa shape index (κ2) is 6.53. The maximum absolute atomic E-state index is 11.3. The van der Waals surface area contributed by atoms with E-state index < -0.39 is 0 Å². The number of nitrogens with zero attached hydrogens (tertiary/aromatic N) is 1. The molecule has 1 saturated heterocycles. The fraction of sp³-hybridized carbons (Fsp3) is 0.929. The van der Waals surface area contributed by atoms with E-state index in [1.807, 2.05) is 0 Å². The van der Waals surface area contributed by atoms with Gasteiger partial charge < -0.3 is 11.1 Å². The molecule has 0 aromatic carbocycles. The first kappa shape index (κ1) is 13.8. The smallest absolute Gasteiger partial charge is 0.231 e. The standard InChI is InChI=1S/C14H27N3O/c1-11-3-2-4-13(9-11)17(10-14(15)18)12-5-7-16-8-6-12/h11-13,16H,2-10H2,1H3,(H2,15,18). The van der Waals surface area contributed by atoms with Crippen LogP contribution in [0, 0.1) is 5.92 Å². The van der Waals surface area contributed by atoms with Crippen LogP contribution in [-0.2, 0) is 4.79 Å². The molecule has 3 N–H and O–H groups in total. The maximum Gasteiger partial charge on any atom is 0.231 e. The van der Waals surface area contributed by atoms with Gasteiger partial charge in [-0.2, -0.15) is 0 Å². The van der Waals surface area contributed by atoms with Crippen LogP contribution in [0.5, 0.6) is 0 Å². The van der Waals surface area contributed by atoms with E-state index in [1.54, 1.807) is 0 Å². The van der Waals surface area contributed by atoms with Gasteiger partial charge in [-0.3, -0.25) is 9.69 Å². The van der Waals surface area contributed by atoms with Crippen molar-refractivity contribution < 1.29 is 4.79 Å². The predicted molar refractivity (Wildman–Crippen MR) is 73.2 cm³/mol. The van der Waals surface area contributed by atoms with Gasteiger partial charge in [0.25, 0.3) is 0 Å². The van der Waals surface area contributed by atoms with Gasteiger partial charge >= 0.3 is 0 Å². The summed E-state index contributed by atoms with van der Waals surface area (Å²) in [5.74, 6) is 0.618. The minimum absolute atomic E-state index is 0.174. The van der Waals surface area contributed by atoms with E-state index in [0.717, 1.165) is 31.8 Å². The first-order valence-electron chi connectivity index (χ1n) is 7.41. The first-order chi connectivity index (χ1) is 8.66. The summed E-state index contributed by atoms with van der Waals surface area (Å²) in [6.07, 6.45) is 7.41. The maximum atomic E-state index is 11.3. The molecule has 0 spiro atoms. The molecule has 0 aromatic rings. The van der Waals surface area contributed by atoms with Crippen molar-refractivity contribution in [3.05, 3.63) is 0 Å². The van der Waals surface area contributed by atoms with Crippen LogP contribution in [0.2, 0.25) is 0 Å². The number of piperidine rings is 1. The Kier molecular flexibility index (Phi) is 5.01. The van der Waals surface area contributed by atoms with E-state index >= 15 is 0 Å². The average Bonchev–Trinajstić information content (AvgIpc) is 2.37. The molecule has 4 heteroatoms. The van der Waals surface area contributed by atoms with Gasteiger partial charge in [-0.15, -0.1) is 0 Å². The Labute approximate surface area is 110 Å². The fourth-order valence-electron chi connectivity index (χ4n) is 3.58. The molecule has 1 aliphatic carbocycles.